The number of benzene rings is 2. The van der Waals surface area contributed by atoms with Crippen LogP contribution in [0.2, 0.25) is 0 Å². The molecular weight excluding hydrogens is 358 g/mol. The molecule has 0 aliphatic heterocycles. The van der Waals surface area contributed by atoms with Gasteiger partial charge in [-0.25, -0.2) is 4.98 Å². The molecule has 0 saturated heterocycles. The number of para-hydroxylation sites is 1. The Hall–Kier alpha value is -3.25. The number of rotatable bonds is 4. The summed E-state index contributed by atoms with van der Waals surface area (Å²) in [4.78, 5) is 34.0. The van der Waals surface area contributed by atoms with Gasteiger partial charge in [0, 0.05) is 12.7 Å². The lowest BCUT2D eigenvalue weighted by molar-refractivity contribution is 0.0783. The van der Waals surface area contributed by atoms with E-state index in [2.05, 4.69) is 9.97 Å². The van der Waals surface area contributed by atoms with Crippen molar-refractivity contribution in [1.82, 2.24) is 14.9 Å². The zero-order valence-corrected chi connectivity index (χ0v) is 15.5. The van der Waals surface area contributed by atoms with Gasteiger partial charge in [0.15, 0.2) is 0 Å². The maximum absolute atomic E-state index is 12.7. The van der Waals surface area contributed by atoms with E-state index in [0.29, 0.717) is 12.2 Å². The Balaban J connectivity index is 1.55. The van der Waals surface area contributed by atoms with Crippen LogP contribution in [-0.2, 0) is 6.54 Å². The van der Waals surface area contributed by atoms with Gasteiger partial charge in [0.2, 0.25) is 0 Å². The zero-order valence-electron chi connectivity index (χ0n) is 14.7. The molecule has 134 valence electrons. The van der Waals surface area contributed by atoms with E-state index in [1.54, 1.807) is 30.5 Å². The van der Waals surface area contributed by atoms with E-state index in [1.165, 1.54) is 4.90 Å². The number of thiazole rings is 1. The summed E-state index contributed by atoms with van der Waals surface area (Å²) in [6.07, 6.45) is 0. The standard InChI is InChI=1S/C21H17N3O2S/c1-24(13-19-22-17-9-5-6-10-18(17)27-19)21(26)15-11-12-16(23-20(15)25)14-7-3-2-4-8-14/h2-12H,13H2,1H3,(H,23,25). The van der Waals surface area contributed by atoms with Crippen molar-refractivity contribution < 1.29 is 4.79 Å². The monoisotopic (exact) mass is 375 g/mol. The van der Waals surface area contributed by atoms with Gasteiger partial charge in [0.1, 0.15) is 10.6 Å². The molecule has 1 N–H and O–H groups in total. The second-order valence-electron chi connectivity index (χ2n) is 6.22. The van der Waals surface area contributed by atoms with Crippen molar-refractivity contribution in [3.8, 4) is 11.3 Å². The first-order valence-corrected chi connectivity index (χ1v) is 9.32. The maximum atomic E-state index is 12.7. The van der Waals surface area contributed by atoms with Gasteiger partial charge >= 0.3 is 0 Å². The molecule has 5 nitrogen and oxygen atoms in total. The second kappa shape index (κ2) is 7.17. The molecule has 4 aromatic rings. The van der Waals surface area contributed by atoms with E-state index in [0.717, 1.165) is 20.8 Å². The predicted octanol–water partition coefficient (Wildman–Crippen LogP) is 3.92. The van der Waals surface area contributed by atoms with Crippen LogP contribution in [0.1, 0.15) is 15.4 Å². The summed E-state index contributed by atoms with van der Waals surface area (Å²) in [5.41, 5.74) is 2.24. The molecule has 0 fully saturated rings. The van der Waals surface area contributed by atoms with Crippen LogP contribution in [0.4, 0.5) is 0 Å². The number of aromatic nitrogens is 2. The predicted molar refractivity (Wildman–Crippen MR) is 108 cm³/mol. The highest BCUT2D eigenvalue weighted by Gasteiger charge is 2.17. The minimum atomic E-state index is -0.391. The third-order valence-electron chi connectivity index (χ3n) is 4.28. The third-order valence-corrected chi connectivity index (χ3v) is 5.30. The number of carbonyl (C=O) groups is 1. The molecule has 0 atom stereocenters. The lowest BCUT2D eigenvalue weighted by Gasteiger charge is -2.15. The van der Waals surface area contributed by atoms with Gasteiger partial charge in [-0.2, -0.15) is 0 Å². The van der Waals surface area contributed by atoms with Gasteiger partial charge in [-0.1, -0.05) is 42.5 Å². The van der Waals surface area contributed by atoms with Gasteiger partial charge < -0.3 is 9.88 Å². The van der Waals surface area contributed by atoms with Crippen molar-refractivity contribution in [1.29, 1.82) is 0 Å². The summed E-state index contributed by atoms with van der Waals surface area (Å²) < 4.78 is 1.08. The molecule has 27 heavy (non-hydrogen) atoms. The smallest absolute Gasteiger partial charge is 0.261 e. The largest absolute Gasteiger partial charge is 0.335 e. The van der Waals surface area contributed by atoms with Gasteiger partial charge in [-0.3, -0.25) is 9.59 Å². The van der Waals surface area contributed by atoms with Crippen molar-refractivity contribution in [2.75, 3.05) is 7.05 Å². The minimum absolute atomic E-state index is 0.123. The minimum Gasteiger partial charge on any atom is -0.335 e. The van der Waals surface area contributed by atoms with Gasteiger partial charge in [0.05, 0.1) is 16.8 Å². The van der Waals surface area contributed by atoms with E-state index < -0.39 is 5.56 Å². The summed E-state index contributed by atoms with van der Waals surface area (Å²) in [7, 11) is 1.68. The van der Waals surface area contributed by atoms with Crippen molar-refractivity contribution in [2.45, 2.75) is 6.54 Å². The van der Waals surface area contributed by atoms with Crippen LogP contribution in [0.15, 0.2) is 71.5 Å². The number of hydrogen-bond acceptors (Lipinski definition) is 4. The van der Waals surface area contributed by atoms with Crippen LogP contribution in [0.25, 0.3) is 21.5 Å². The molecule has 0 aliphatic carbocycles. The Morgan fingerprint density at radius 1 is 1.04 bits per heavy atom. The number of aromatic amines is 1. The Morgan fingerprint density at radius 3 is 2.52 bits per heavy atom. The molecule has 0 spiro atoms. The van der Waals surface area contributed by atoms with Crippen LogP contribution in [-0.4, -0.2) is 27.8 Å². The average molecular weight is 375 g/mol. The number of H-pyrrole nitrogens is 1. The first kappa shape index (κ1) is 17.2. The summed E-state index contributed by atoms with van der Waals surface area (Å²) >= 11 is 1.55. The van der Waals surface area contributed by atoms with E-state index >= 15 is 0 Å². The summed E-state index contributed by atoms with van der Waals surface area (Å²) in [6.45, 7) is 0.359. The van der Waals surface area contributed by atoms with Crippen LogP contribution < -0.4 is 5.56 Å². The SMILES string of the molecule is CN(Cc1nc2ccccc2s1)C(=O)c1ccc(-c2ccccc2)[nH]c1=O. The van der Waals surface area contributed by atoms with Crippen LogP contribution in [0.5, 0.6) is 0 Å². The Morgan fingerprint density at radius 2 is 1.78 bits per heavy atom. The quantitative estimate of drug-likeness (QED) is 0.588. The first-order valence-electron chi connectivity index (χ1n) is 8.50. The second-order valence-corrected chi connectivity index (χ2v) is 7.33. The summed E-state index contributed by atoms with van der Waals surface area (Å²) in [5, 5.41) is 0.837. The van der Waals surface area contributed by atoms with Crippen LogP contribution >= 0.6 is 11.3 Å². The molecule has 4 rings (SSSR count). The average Bonchev–Trinajstić information content (AvgIpc) is 3.10. The molecule has 2 aromatic heterocycles. The number of pyridine rings is 1. The number of nitrogens with zero attached hydrogens (tertiary/aromatic N) is 2. The number of hydrogen-bond donors (Lipinski definition) is 1. The fourth-order valence-corrected chi connectivity index (χ4v) is 3.92. The molecule has 1 amide bonds. The highest BCUT2D eigenvalue weighted by molar-refractivity contribution is 7.18. The van der Waals surface area contributed by atoms with Gasteiger partial charge in [-0.15, -0.1) is 11.3 Å². The van der Waals surface area contributed by atoms with Gasteiger partial charge in [-0.05, 0) is 29.8 Å². The lowest BCUT2D eigenvalue weighted by Crippen LogP contribution is -2.31. The van der Waals surface area contributed by atoms with Crippen LogP contribution in [0, 0.1) is 0 Å². The maximum Gasteiger partial charge on any atom is 0.261 e. The molecule has 0 bridgehead atoms. The lowest BCUT2D eigenvalue weighted by atomic mass is 10.1. The van der Waals surface area contributed by atoms with Gasteiger partial charge in [0.25, 0.3) is 11.5 Å². The number of carbonyl (C=O) groups excluding carboxylic acids is 1. The number of nitrogens with one attached hydrogen (secondary N) is 1. The zero-order chi connectivity index (χ0) is 18.8. The van der Waals surface area contributed by atoms with Crippen molar-refractivity contribution >= 4 is 27.5 Å². The van der Waals surface area contributed by atoms with Crippen molar-refractivity contribution in [2.24, 2.45) is 0 Å². The highest BCUT2D eigenvalue weighted by atomic mass is 32.1. The number of amides is 1. The highest BCUT2D eigenvalue weighted by Crippen LogP contribution is 2.22. The Bertz CT molecular complexity index is 1130. The molecule has 0 aliphatic rings. The fraction of sp³-hybridized carbons (Fsp3) is 0.0952. The molecule has 6 heteroatoms. The fourth-order valence-electron chi connectivity index (χ4n) is 2.90. The number of fused-ring (bicyclic) bond motifs is 1. The van der Waals surface area contributed by atoms with E-state index in [-0.39, 0.29) is 11.5 Å². The molecule has 2 heterocycles. The van der Waals surface area contributed by atoms with E-state index in [4.69, 9.17) is 0 Å². The Kier molecular flexibility index (Phi) is 4.56. The Labute approximate surface area is 159 Å². The van der Waals surface area contributed by atoms with Crippen molar-refractivity contribution in [3.05, 3.63) is 87.7 Å². The van der Waals surface area contributed by atoms with E-state index in [9.17, 15) is 9.59 Å². The topological polar surface area (TPSA) is 66.1 Å². The summed E-state index contributed by atoms with van der Waals surface area (Å²) in [6, 6.07) is 20.7. The molecule has 0 radical (unpaired) electrons. The van der Waals surface area contributed by atoms with Crippen molar-refractivity contribution in [3.63, 3.8) is 0 Å². The molecular formula is C21H17N3O2S. The van der Waals surface area contributed by atoms with E-state index in [1.807, 2.05) is 54.6 Å². The third kappa shape index (κ3) is 3.52. The molecule has 0 unspecified atom stereocenters. The normalized spacial score (nSPS) is 10.9. The molecule has 2 aromatic carbocycles. The first-order chi connectivity index (χ1) is 13.1. The molecule has 0 saturated carbocycles. The van der Waals surface area contributed by atoms with Crippen LogP contribution in [0.3, 0.4) is 0 Å². The summed E-state index contributed by atoms with van der Waals surface area (Å²) in [5.74, 6) is -0.324.